The first-order valence-electron chi connectivity index (χ1n) is 10.5. The van der Waals surface area contributed by atoms with Gasteiger partial charge in [0, 0.05) is 22.6 Å². The molecule has 8 nitrogen and oxygen atoms in total. The predicted octanol–water partition coefficient (Wildman–Crippen LogP) is 5.24. The van der Waals surface area contributed by atoms with E-state index < -0.39 is 5.82 Å². The number of amides is 1. The van der Waals surface area contributed by atoms with Crippen LogP contribution in [0.3, 0.4) is 0 Å². The Morgan fingerprint density at radius 1 is 1.11 bits per heavy atom. The summed E-state index contributed by atoms with van der Waals surface area (Å²) in [6, 6.07) is 16.2. The van der Waals surface area contributed by atoms with Crippen molar-refractivity contribution in [3.63, 3.8) is 0 Å². The monoisotopic (exact) mass is 493 g/mol. The molecule has 4 aromatic rings. The molecule has 0 aliphatic rings. The summed E-state index contributed by atoms with van der Waals surface area (Å²) in [5.41, 5.74) is 6.65. The number of aromatic nitrogens is 3. The molecule has 2 aromatic carbocycles. The Morgan fingerprint density at radius 3 is 2.63 bits per heavy atom. The Morgan fingerprint density at radius 2 is 1.89 bits per heavy atom. The maximum atomic E-state index is 13.9. The van der Waals surface area contributed by atoms with Crippen LogP contribution in [-0.2, 0) is 0 Å². The third-order valence-corrected chi connectivity index (χ3v) is 5.28. The minimum absolute atomic E-state index is 0.149. The Bertz CT molecular complexity index is 1400. The van der Waals surface area contributed by atoms with Gasteiger partial charge < -0.3 is 14.0 Å². The van der Waals surface area contributed by atoms with Gasteiger partial charge in [-0.2, -0.15) is 14.5 Å². The molecule has 35 heavy (non-hydrogen) atoms. The fourth-order valence-corrected chi connectivity index (χ4v) is 3.57. The number of hydrogen-bond donors (Lipinski definition) is 1. The minimum atomic E-state index is -0.768. The molecule has 0 atom stereocenters. The van der Waals surface area contributed by atoms with Crippen molar-refractivity contribution in [2.45, 2.75) is 13.8 Å². The molecular weight excluding hydrogens is 473 g/mol. The first-order valence-corrected chi connectivity index (χ1v) is 10.9. The SMILES string of the molecule is COc1cc(C=NNC(=O)c2cccc(-n3c(C)ccc3C)c2)ccc1Oc1nc(Cl)ncc1F. The molecule has 178 valence electrons. The maximum Gasteiger partial charge on any atom is 0.271 e. The van der Waals surface area contributed by atoms with Crippen molar-refractivity contribution in [2.75, 3.05) is 7.11 Å². The normalized spacial score (nSPS) is 11.0. The van der Waals surface area contributed by atoms with Crippen LogP contribution in [0.2, 0.25) is 5.28 Å². The van der Waals surface area contributed by atoms with Gasteiger partial charge in [-0.1, -0.05) is 6.07 Å². The summed E-state index contributed by atoms with van der Waals surface area (Å²) in [6.45, 7) is 4.02. The summed E-state index contributed by atoms with van der Waals surface area (Å²) < 4.78 is 26.7. The molecular formula is C25H21ClFN5O3. The van der Waals surface area contributed by atoms with E-state index in [0.29, 0.717) is 16.9 Å². The second-order valence-corrected chi connectivity index (χ2v) is 7.84. The number of hydrogen-bond acceptors (Lipinski definition) is 6. The van der Waals surface area contributed by atoms with Crippen molar-refractivity contribution in [3.8, 4) is 23.1 Å². The lowest BCUT2D eigenvalue weighted by Gasteiger charge is -2.11. The van der Waals surface area contributed by atoms with Crippen molar-refractivity contribution in [1.82, 2.24) is 20.0 Å². The number of ether oxygens (including phenoxy) is 2. The van der Waals surface area contributed by atoms with E-state index in [-0.39, 0.29) is 22.8 Å². The summed E-state index contributed by atoms with van der Waals surface area (Å²) in [7, 11) is 1.44. The first kappa shape index (κ1) is 23.9. The molecule has 0 radical (unpaired) electrons. The number of aryl methyl sites for hydroxylation is 2. The lowest BCUT2D eigenvalue weighted by molar-refractivity contribution is 0.0955. The molecule has 0 unspecified atom stereocenters. The first-order chi connectivity index (χ1) is 16.9. The van der Waals surface area contributed by atoms with Crippen LogP contribution in [0.5, 0.6) is 17.4 Å². The van der Waals surface area contributed by atoms with Gasteiger partial charge in [-0.05, 0) is 79.5 Å². The summed E-state index contributed by atoms with van der Waals surface area (Å²) >= 11 is 5.70. The van der Waals surface area contributed by atoms with Gasteiger partial charge in [0.25, 0.3) is 11.8 Å². The Hall–Kier alpha value is -4.24. The fraction of sp³-hybridized carbons (Fsp3) is 0.120. The largest absolute Gasteiger partial charge is 0.493 e. The van der Waals surface area contributed by atoms with Gasteiger partial charge in [-0.25, -0.2) is 10.4 Å². The number of carbonyl (C=O) groups is 1. The van der Waals surface area contributed by atoms with Gasteiger partial charge in [-0.15, -0.1) is 0 Å². The lowest BCUT2D eigenvalue weighted by atomic mass is 10.2. The van der Waals surface area contributed by atoms with Crippen LogP contribution in [0.4, 0.5) is 4.39 Å². The van der Waals surface area contributed by atoms with Gasteiger partial charge in [0.1, 0.15) is 0 Å². The van der Waals surface area contributed by atoms with Gasteiger partial charge >= 0.3 is 0 Å². The van der Waals surface area contributed by atoms with E-state index in [1.54, 1.807) is 30.3 Å². The van der Waals surface area contributed by atoms with Gasteiger partial charge in [0.05, 0.1) is 19.5 Å². The number of nitrogens with one attached hydrogen (secondary N) is 1. The Balaban J connectivity index is 1.46. The molecule has 1 N–H and O–H groups in total. The quantitative estimate of drug-likeness (QED) is 0.216. The molecule has 0 aliphatic heterocycles. The van der Waals surface area contributed by atoms with Crippen LogP contribution in [-0.4, -0.2) is 33.8 Å². The highest BCUT2D eigenvalue weighted by Gasteiger charge is 2.13. The van der Waals surface area contributed by atoms with Gasteiger partial charge in [0.15, 0.2) is 11.5 Å². The van der Waals surface area contributed by atoms with E-state index in [4.69, 9.17) is 21.1 Å². The lowest BCUT2D eigenvalue weighted by Crippen LogP contribution is -2.18. The molecule has 0 bridgehead atoms. The summed E-state index contributed by atoms with van der Waals surface area (Å²) in [5, 5.41) is 3.89. The van der Waals surface area contributed by atoms with Gasteiger partial charge in [0.2, 0.25) is 11.1 Å². The standard InChI is InChI=1S/C25H21ClFN5O3/c1-15-7-8-16(2)32(15)19-6-4-5-18(12-19)23(33)31-29-13-17-9-10-21(22(11-17)34-3)35-24-20(27)14-28-25(26)30-24/h4-14H,1-3H3,(H,31,33). The van der Waals surface area contributed by atoms with Crippen molar-refractivity contribution in [3.05, 3.63) is 94.4 Å². The summed E-state index contributed by atoms with van der Waals surface area (Å²) in [4.78, 5) is 19.9. The van der Waals surface area contributed by atoms with E-state index in [1.807, 2.05) is 38.1 Å². The average molecular weight is 494 g/mol. The molecule has 1 amide bonds. The summed E-state index contributed by atoms with van der Waals surface area (Å²) in [6.07, 6.45) is 2.37. The van der Waals surface area contributed by atoms with E-state index in [2.05, 4.69) is 25.1 Å². The van der Waals surface area contributed by atoms with E-state index in [1.165, 1.54) is 13.3 Å². The third kappa shape index (κ3) is 5.47. The number of methoxy groups -OCH3 is 1. The van der Waals surface area contributed by atoms with Gasteiger partial charge in [-0.3, -0.25) is 4.79 Å². The van der Waals surface area contributed by atoms with Crippen LogP contribution in [0.1, 0.15) is 27.3 Å². The fourth-order valence-electron chi connectivity index (χ4n) is 3.45. The number of nitrogens with zero attached hydrogens (tertiary/aromatic N) is 4. The van der Waals surface area contributed by atoms with Crippen LogP contribution in [0, 0.1) is 19.7 Å². The number of halogens is 2. The zero-order chi connectivity index (χ0) is 24.9. The second-order valence-electron chi connectivity index (χ2n) is 7.51. The predicted molar refractivity (Wildman–Crippen MR) is 130 cm³/mol. The van der Waals surface area contributed by atoms with Crippen LogP contribution in [0.25, 0.3) is 5.69 Å². The molecule has 0 fully saturated rings. The molecule has 0 aliphatic carbocycles. The third-order valence-electron chi connectivity index (χ3n) is 5.09. The number of rotatable bonds is 7. The highest BCUT2D eigenvalue weighted by Crippen LogP contribution is 2.32. The average Bonchev–Trinajstić information content (AvgIpc) is 3.19. The number of carbonyl (C=O) groups excluding carboxylic acids is 1. The topological polar surface area (TPSA) is 90.6 Å². The zero-order valence-corrected chi connectivity index (χ0v) is 19.9. The molecule has 0 saturated heterocycles. The van der Waals surface area contributed by atoms with Crippen LogP contribution in [0.15, 0.2) is 65.9 Å². The van der Waals surface area contributed by atoms with Crippen LogP contribution >= 0.6 is 11.6 Å². The maximum absolute atomic E-state index is 13.9. The molecule has 4 rings (SSSR count). The van der Waals surface area contributed by atoms with E-state index in [0.717, 1.165) is 23.3 Å². The molecule has 0 saturated carbocycles. The van der Waals surface area contributed by atoms with Crippen molar-refractivity contribution in [1.29, 1.82) is 0 Å². The van der Waals surface area contributed by atoms with Crippen LogP contribution < -0.4 is 14.9 Å². The highest BCUT2D eigenvalue weighted by atomic mass is 35.5. The number of hydrazone groups is 1. The minimum Gasteiger partial charge on any atom is -0.493 e. The molecule has 10 heteroatoms. The van der Waals surface area contributed by atoms with Crippen molar-refractivity contribution in [2.24, 2.45) is 5.10 Å². The Kier molecular flexibility index (Phi) is 7.07. The summed E-state index contributed by atoms with van der Waals surface area (Å²) in [5.74, 6) is -0.927. The molecule has 0 spiro atoms. The highest BCUT2D eigenvalue weighted by molar-refractivity contribution is 6.28. The van der Waals surface area contributed by atoms with E-state index in [9.17, 15) is 9.18 Å². The van der Waals surface area contributed by atoms with Crippen molar-refractivity contribution >= 4 is 23.7 Å². The Labute approximate surface area is 206 Å². The zero-order valence-electron chi connectivity index (χ0n) is 19.1. The van der Waals surface area contributed by atoms with E-state index >= 15 is 0 Å². The molecule has 2 aromatic heterocycles. The smallest absolute Gasteiger partial charge is 0.271 e. The number of benzene rings is 2. The second kappa shape index (κ2) is 10.4. The van der Waals surface area contributed by atoms with Crippen molar-refractivity contribution < 1.29 is 18.7 Å². The molecule has 2 heterocycles.